The fourth-order valence-electron chi connectivity index (χ4n) is 4.96. The van der Waals surface area contributed by atoms with Crippen LogP contribution in [0.3, 0.4) is 0 Å². The van der Waals surface area contributed by atoms with Gasteiger partial charge in [-0.15, -0.1) is 0 Å². The molecule has 0 aromatic carbocycles. The molecule has 0 aliphatic carbocycles. The third kappa shape index (κ3) is 29.0. The number of aliphatic hydroxyl groups excluding tert-OH is 2. The van der Waals surface area contributed by atoms with Crippen molar-refractivity contribution in [2.24, 2.45) is 0 Å². The SMILES string of the molecule is CCCCCCC/C=C/CC/C=C/CC/C=C/C(O)C(CS(=O)(=O)O)NC(=O)C(O)CCCCCCCCCCCCC. The second-order valence-electron chi connectivity index (χ2n) is 11.9. The minimum absolute atomic E-state index is 0.272. The minimum Gasteiger partial charge on any atom is -0.387 e. The van der Waals surface area contributed by atoms with E-state index >= 15 is 0 Å². The van der Waals surface area contributed by atoms with Crippen LogP contribution < -0.4 is 5.32 Å². The zero-order valence-electron chi connectivity index (χ0n) is 27.4. The average molecular weight is 628 g/mol. The summed E-state index contributed by atoms with van der Waals surface area (Å²) in [7, 11) is -4.45. The van der Waals surface area contributed by atoms with Crippen LogP contribution in [0.2, 0.25) is 0 Å². The first-order chi connectivity index (χ1) is 20.7. The second kappa shape index (κ2) is 29.2. The molecule has 0 aliphatic heterocycles. The van der Waals surface area contributed by atoms with Crippen LogP contribution in [0.4, 0.5) is 0 Å². The highest BCUT2D eigenvalue weighted by Gasteiger charge is 2.27. The summed E-state index contributed by atoms with van der Waals surface area (Å²) in [5.41, 5.74) is 0. The Morgan fingerprint density at radius 1 is 0.628 bits per heavy atom. The first-order valence-electron chi connectivity index (χ1n) is 17.3. The molecule has 0 heterocycles. The van der Waals surface area contributed by atoms with Crippen molar-refractivity contribution in [2.75, 3.05) is 5.75 Å². The maximum absolute atomic E-state index is 12.5. The largest absolute Gasteiger partial charge is 0.387 e. The monoisotopic (exact) mass is 627 g/mol. The van der Waals surface area contributed by atoms with Gasteiger partial charge in [0, 0.05) is 0 Å². The van der Waals surface area contributed by atoms with Crippen molar-refractivity contribution >= 4 is 16.0 Å². The number of rotatable bonds is 30. The molecule has 8 heteroatoms. The quantitative estimate of drug-likeness (QED) is 0.0360. The summed E-state index contributed by atoms with van der Waals surface area (Å²) in [6, 6.07) is -1.25. The topological polar surface area (TPSA) is 124 Å². The number of hydrogen-bond acceptors (Lipinski definition) is 5. The third-order valence-electron chi connectivity index (χ3n) is 7.65. The average Bonchev–Trinajstić information content (AvgIpc) is 2.96. The Morgan fingerprint density at radius 2 is 1.05 bits per heavy atom. The van der Waals surface area contributed by atoms with Gasteiger partial charge in [0.2, 0.25) is 5.91 Å². The van der Waals surface area contributed by atoms with Crippen LogP contribution in [0.1, 0.15) is 155 Å². The lowest BCUT2D eigenvalue weighted by Crippen LogP contribution is -2.50. The Bertz CT molecular complexity index is 839. The van der Waals surface area contributed by atoms with E-state index in [1.54, 1.807) is 6.08 Å². The van der Waals surface area contributed by atoms with Crippen LogP contribution in [0, 0.1) is 0 Å². The van der Waals surface area contributed by atoms with Crippen molar-refractivity contribution in [1.29, 1.82) is 0 Å². The number of carbonyl (C=O) groups excluding carboxylic acids is 1. The Morgan fingerprint density at radius 3 is 1.53 bits per heavy atom. The predicted octanol–water partition coefficient (Wildman–Crippen LogP) is 8.37. The molecule has 252 valence electrons. The van der Waals surface area contributed by atoms with E-state index in [1.165, 1.54) is 83.1 Å². The van der Waals surface area contributed by atoms with E-state index in [0.29, 0.717) is 12.8 Å². The Balaban J connectivity index is 4.26. The van der Waals surface area contributed by atoms with Gasteiger partial charge in [0.25, 0.3) is 10.1 Å². The van der Waals surface area contributed by atoms with E-state index in [0.717, 1.165) is 44.9 Å². The molecule has 0 aromatic heterocycles. The molecule has 0 rings (SSSR count). The van der Waals surface area contributed by atoms with Crippen molar-refractivity contribution in [2.45, 2.75) is 173 Å². The molecule has 0 bridgehead atoms. The number of nitrogens with one attached hydrogen (secondary N) is 1. The zero-order chi connectivity index (χ0) is 32.0. The summed E-state index contributed by atoms with van der Waals surface area (Å²) in [6.07, 6.45) is 33.4. The summed E-state index contributed by atoms with van der Waals surface area (Å²) in [5.74, 6) is -1.57. The standard InChI is InChI=1S/C35H65NO6S/c1-3-5-7-9-11-13-15-16-17-18-20-21-23-25-27-29-33(37)32(31-43(40,41)42)36-35(39)34(38)30-28-26-24-22-19-14-12-10-8-6-4-2/h15-16,20-21,27,29,32-34,37-38H,3-14,17-19,22-26,28,30-31H2,1-2H3,(H,36,39)(H,40,41,42)/b16-15+,21-20+,29-27+. The number of hydrogen-bond donors (Lipinski definition) is 4. The van der Waals surface area contributed by atoms with Gasteiger partial charge in [-0.25, -0.2) is 0 Å². The van der Waals surface area contributed by atoms with E-state index in [2.05, 4.69) is 43.5 Å². The summed E-state index contributed by atoms with van der Waals surface area (Å²) >= 11 is 0. The maximum atomic E-state index is 12.5. The normalized spacial score (nSPS) is 14.6. The molecule has 0 saturated heterocycles. The molecular weight excluding hydrogens is 562 g/mol. The van der Waals surface area contributed by atoms with Gasteiger partial charge in [-0.2, -0.15) is 8.42 Å². The molecule has 0 saturated carbocycles. The van der Waals surface area contributed by atoms with E-state index in [-0.39, 0.29) is 6.42 Å². The predicted molar refractivity (Wildman–Crippen MR) is 181 cm³/mol. The summed E-state index contributed by atoms with van der Waals surface area (Å²) in [4.78, 5) is 12.5. The van der Waals surface area contributed by atoms with Crippen LogP contribution in [0.5, 0.6) is 0 Å². The molecule has 43 heavy (non-hydrogen) atoms. The molecule has 7 nitrogen and oxygen atoms in total. The number of amides is 1. The number of carbonyl (C=O) groups is 1. The van der Waals surface area contributed by atoms with Gasteiger partial charge in [-0.1, -0.05) is 147 Å². The van der Waals surface area contributed by atoms with Crippen molar-refractivity contribution in [3.05, 3.63) is 36.5 Å². The molecule has 0 aliphatic rings. The van der Waals surface area contributed by atoms with Crippen LogP contribution in [0.25, 0.3) is 0 Å². The molecule has 4 N–H and O–H groups in total. The minimum atomic E-state index is -4.45. The maximum Gasteiger partial charge on any atom is 0.267 e. The molecule has 0 aromatic rings. The van der Waals surface area contributed by atoms with Crippen molar-refractivity contribution in [3.8, 4) is 0 Å². The Labute approximate surface area is 264 Å². The molecule has 0 fully saturated rings. The lowest BCUT2D eigenvalue weighted by Gasteiger charge is -2.22. The van der Waals surface area contributed by atoms with Crippen LogP contribution >= 0.6 is 0 Å². The molecule has 3 atom stereocenters. The molecule has 0 spiro atoms. The van der Waals surface area contributed by atoms with Crippen LogP contribution in [0.15, 0.2) is 36.5 Å². The van der Waals surface area contributed by atoms with Gasteiger partial charge in [-0.3, -0.25) is 9.35 Å². The molecule has 1 amide bonds. The lowest BCUT2D eigenvalue weighted by atomic mass is 10.0. The third-order valence-corrected chi connectivity index (χ3v) is 8.44. The van der Waals surface area contributed by atoms with Gasteiger partial charge in [0.05, 0.1) is 17.9 Å². The van der Waals surface area contributed by atoms with Gasteiger partial charge in [0.1, 0.15) is 6.10 Å². The van der Waals surface area contributed by atoms with Gasteiger partial charge in [0.15, 0.2) is 0 Å². The number of unbranched alkanes of at least 4 members (excludes halogenated alkanes) is 17. The smallest absolute Gasteiger partial charge is 0.267 e. The van der Waals surface area contributed by atoms with E-state index < -0.39 is 40.0 Å². The first kappa shape index (κ1) is 41.5. The Hall–Kier alpha value is -1.48. The summed E-state index contributed by atoms with van der Waals surface area (Å²) in [6.45, 7) is 4.45. The zero-order valence-corrected chi connectivity index (χ0v) is 28.3. The highest BCUT2D eigenvalue weighted by Crippen LogP contribution is 2.13. The molecule has 3 unspecified atom stereocenters. The van der Waals surface area contributed by atoms with Crippen molar-refractivity contribution in [3.63, 3.8) is 0 Å². The molecule has 0 radical (unpaired) electrons. The van der Waals surface area contributed by atoms with Gasteiger partial charge in [-0.05, 0) is 44.9 Å². The highest BCUT2D eigenvalue weighted by molar-refractivity contribution is 7.85. The lowest BCUT2D eigenvalue weighted by molar-refractivity contribution is -0.130. The van der Waals surface area contributed by atoms with Gasteiger partial charge < -0.3 is 15.5 Å². The summed E-state index contributed by atoms with van der Waals surface area (Å²) < 4.78 is 32.3. The van der Waals surface area contributed by atoms with Crippen LogP contribution in [-0.4, -0.2) is 53.1 Å². The van der Waals surface area contributed by atoms with Crippen molar-refractivity contribution < 1.29 is 28.0 Å². The fraction of sp³-hybridized carbons (Fsp3) is 0.800. The van der Waals surface area contributed by atoms with Crippen LogP contribution in [-0.2, 0) is 14.9 Å². The number of allylic oxidation sites excluding steroid dienone is 5. The van der Waals surface area contributed by atoms with Gasteiger partial charge >= 0.3 is 0 Å². The second-order valence-corrected chi connectivity index (χ2v) is 13.4. The summed E-state index contributed by atoms with van der Waals surface area (Å²) in [5, 5.41) is 23.2. The van der Waals surface area contributed by atoms with Crippen molar-refractivity contribution in [1.82, 2.24) is 5.32 Å². The highest BCUT2D eigenvalue weighted by atomic mass is 32.2. The Kier molecular flexibility index (Phi) is 28.2. The van der Waals surface area contributed by atoms with E-state index in [1.807, 2.05) is 0 Å². The fourth-order valence-corrected chi connectivity index (χ4v) is 5.69. The first-order valence-corrected chi connectivity index (χ1v) is 18.9. The van der Waals surface area contributed by atoms with E-state index in [9.17, 15) is 28.0 Å². The van der Waals surface area contributed by atoms with E-state index in [4.69, 9.17) is 0 Å². The number of aliphatic hydroxyl groups is 2. The molecular formula is C35H65NO6S.